The van der Waals surface area contributed by atoms with Gasteiger partial charge in [0.25, 0.3) is 0 Å². The van der Waals surface area contributed by atoms with Gasteiger partial charge in [0.1, 0.15) is 0 Å². The molecule has 0 aromatic carbocycles. The molecular weight excluding hydrogens is 162 g/mol. The van der Waals surface area contributed by atoms with Gasteiger partial charge in [-0.15, -0.1) is 0 Å². The fraction of sp³-hybridized carbons (Fsp3) is 1.00. The summed E-state index contributed by atoms with van der Waals surface area (Å²) in [6.45, 7) is 5.34. The molecule has 0 radical (unpaired) electrons. The molecule has 2 heteroatoms. The number of morpholine rings is 1. The van der Waals surface area contributed by atoms with Crippen LogP contribution in [0.15, 0.2) is 0 Å². The normalized spacial score (nSPS) is 40.8. The van der Waals surface area contributed by atoms with Gasteiger partial charge in [-0.2, -0.15) is 0 Å². The smallest absolute Gasteiger partial charge is 0.0834 e. The molecule has 2 aliphatic rings. The summed E-state index contributed by atoms with van der Waals surface area (Å²) in [5, 5.41) is 3.48. The zero-order chi connectivity index (χ0) is 9.15. The molecule has 76 valence electrons. The van der Waals surface area contributed by atoms with E-state index in [4.69, 9.17) is 4.74 Å². The fourth-order valence-electron chi connectivity index (χ4n) is 2.96. The van der Waals surface area contributed by atoms with Gasteiger partial charge in [-0.3, -0.25) is 0 Å². The maximum Gasteiger partial charge on any atom is 0.0834 e. The second kappa shape index (κ2) is 3.97. The van der Waals surface area contributed by atoms with E-state index in [9.17, 15) is 0 Å². The fourth-order valence-corrected chi connectivity index (χ4v) is 2.96. The molecule has 0 aromatic heterocycles. The molecule has 1 N–H and O–H groups in total. The first-order chi connectivity index (χ1) is 6.37. The van der Waals surface area contributed by atoms with E-state index in [2.05, 4.69) is 12.2 Å². The molecule has 2 rings (SSSR count). The van der Waals surface area contributed by atoms with Gasteiger partial charge in [0.15, 0.2) is 0 Å². The second-order valence-electron chi connectivity index (χ2n) is 4.44. The van der Waals surface area contributed by atoms with Gasteiger partial charge < -0.3 is 10.1 Å². The SMILES string of the molecule is CCC1CCCCC12CNCCO2. The van der Waals surface area contributed by atoms with Crippen molar-refractivity contribution in [3.8, 4) is 0 Å². The Bertz CT molecular complexity index is 155. The van der Waals surface area contributed by atoms with Crippen LogP contribution in [0.4, 0.5) is 0 Å². The van der Waals surface area contributed by atoms with E-state index in [1.54, 1.807) is 0 Å². The molecule has 1 saturated heterocycles. The Labute approximate surface area is 81.0 Å². The summed E-state index contributed by atoms with van der Waals surface area (Å²) in [5.41, 5.74) is 0.214. The van der Waals surface area contributed by atoms with E-state index >= 15 is 0 Å². The molecule has 0 bridgehead atoms. The van der Waals surface area contributed by atoms with Crippen LogP contribution in [0.3, 0.4) is 0 Å². The molecule has 2 nitrogen and oxygen atoms in total. The lowest BCUT2D eigenvalue weighted by Crippen LogP contribution is -2.55. The third-order valence-corrected chi connectivity index (χ3v) is 3.73. The first-order valence-corrected chi connectivity index (χ1v) is 5.72. The van der Waals surface area contributed by atoms with Crippen molar-refractivity contribution >= 4 is 0 Å². The summed E-state index contributed by atoms with van der Waals surface area (Å²) in [6.07, 6.45) is 6.69. The van der Waals surface area contributed by atoms with Crippen LogP contribution in [-0.4, -0.2) is 25.3 Å². The van der Waals surface area contributed by atoms with Crippen LogP contribution in [0.5, 0.6) is 0 Å². The lowest BCUT2D eigenvalue weighted by molar-refractivity contribution is -0.124. The highest BCUT2D eigenvalue weighted by Gasteiger charge is 2.41. The molecule has 0 amide bonds. The van der Waals surface area contributed by atoms with Gasteiger partial charge >= 0.3 is 0 Å². The van der Waals surface area contributed by atoms with Crippen LogP contribution in [0, 0.1) is 5.92 Å². The highest BCUT2D eigenvalue weighted by Crippen LogP contribution is 2.39. The maximum absolute atomic E-state index is 6.05. The number of hydrogen-bond donors (Lipinski definition) is 1. The zero-order valence-corrected chi connectivity index (χ0v) is 8.64. The quantitative estimate of drug-likeness (QED) is 0.671. The largest absolute Gasteiger partial charge is 0.372 e. The Kier molecular flexibility index (Phi) is 2.89. The first kappa shape index (κ1) is 9.47. The zero-order valence-electron chi connectivity index (χ0n) is 8.64. The van der Waals surface area contributed by atoms with Crippen molar-refractivity contribution in [3.63, 3.8) is 0 Å². The lowest BCUT2D eigenvalue weighted by atomic mass is 9.73. The topological polar surface area (TPSA) is 21.3 Å². The van der Waals surface area contributed by atoms with Crippen LogP contribution in [0.25, 0.3) is 0 Å². The molecule has 2 unspecified atom stereocenters. The molecule has 1 spiro atoms. The molecule has 13 heavy (non-hydrogen) atoms. The van der Waals surface area contributed by atoms with Crippen LogP contribution in [0.2, 0.25) is 0 Å². The highest BCUT2D eigenvalue weighted by molar-refractivity contribution is 4.94. The summed E-state index contributed by atoms with van der Waals surface area (Å²) < 4.78 is 6.05. The van der Waals surface area contributed by atoms with Gasteiger partial charge in [-0.1, -0.05) is 26.2 Å². The summed E-state index contributed by atoms with van der Waals surface area (Å²) >= 11 is 0. The third kappa shape index (κ3) is 1.75. The Balaban J connectivity index is 2.06. The minimum absolute atomic E-state index is 0.214. The van der Waals surface area contributed by atoms with Crippen molar-refractivity contribution in [2.24, 2.45) is 5.92 Å². The number of rotatable bonds is 1. The Morgan fingerprint density at radius 2 is 2.38 bits per heavy atom. The number of ether oxygens (including phenoxy) is 1. The molecular formula is C11H21NO. The van der Waals surface area contributed by atoms with Gasteiger partial charge in [0.2, 0.25) is 0 Å². The molecule has 0 aromatic rings. The average molecular weight is 183 g/mol. The van der Waals surface area contributed by atoms with E-state index in [1.165, 1.54) is 32.1 Å². The van der Waals surface area contributed by atoms with Gasteiger partial charge in [0, 0.05) is 13.1 Å². The van der Waals surface area contributed by atoms with Crippen LogP contribution >= 0.6 is 0 Å². The van der Waals surface area contributed by atoms with Crippen molar-refractivity contribution in [1.82, 2.24) is 5.32 Å². The van der Waals surface area contributed by atoms with E-state index in [0.29, 0.717) is 0 Å². The van der Waals surface area contributed by atoms with Crippen LogP contribution in [0.1, 0.15) is 39.0 Å². The summed E-state index contributed by atoms with van der Waals surface area (Å²) in [4.78, 5) is 0. The minimum atomic E-state index is 0.214. The molecule has 2 atom stereocenters. The summed E-state index contributed by atoms with van der Waals surface area (Å²) in [7, 11) is 0. The van der Waals surface area contributed by atoms with E-state index in [0.717, 1.165) is 25.6 Å². The summed E-state index contributed by atoms with van der Waals surface area (Å²) in [6, 6.07) is 0. The minimum Gasteiger partial charge on any atom is -0.372 e. The average Bonchev–Trinajstić information content (AvgIpc) is 2.20. The third-order valence-electron chi connectivity index (χ3n) is 3.73. The second-order valence-corrected chi connectivity index (χ2v) is 4.44. The Hall–Kier alpha value is -0.0800. The Morgan fingerprint density at radius 3 is 3.08 bits per heavy atom. The van der Waals surface area contributed by atoms with Gasteiger partial charge in [-0.25, -0.2) is 0 Å². The molecule has 1 saturated carbocycles. The monoisotopic (exact) mass is 183 g/mol. The van der Waals surface area contributed by atoms with E-state index in [1.807, 2.05) is 0 Å². The van der Waals surface area contributed by atoms with Crippen molar-refractivity contribution in [2.45, 2.75) is 44.6 Å². The Morgan fingerprint density at radius 1 is 1.46 bits per heavy atom. The standard InChI is InChI=1S/C11H21NO/c1-2-10-5-3-4-6-11(10)9-12-7-8-13-11/h10,12H,2-9H2,1H3. The molecule has 1 aliphatic heterocycles. The number of nitrogens with one attached hydrogen (secondary N) is 1. The number of hydrogen-bond acceptors (Lipinski definition) is 2. The maximum atomic E-state index is 6.05. The highest BCUT2D eigenvalue weighted by atomic mass is 16.5. The van der Waals surface area contributed by atoms with Crippen molar-refractivity contribution in [2.75, 3.05) is 19.7 Å². The van der Waals surface area contributed by atoms with E-state index < -0.39 is 0 Å². The van der Waals surface area contributed by atoms with Gasteiger partial charge in [0.05, 0.1) is 12.2 Å². The van der Waals surface area contributed by atoms with Crippen molar-refractivity contribution in [1.29, 1.82) is 0 Å². The van der Waals surface area contributed by atoms with Crippen molar-refractivity contribution in [3.05, 3.63) is 0 Å². The molecule has 1 aliphatic carbocycles. The van der Waals surface area contributed by atoms with Gasteiger partial charge in [-0.05, 0) is 18.8 Å². The predicted octanol–water partition coefficient (Wildman–Crippen LogP) is 1.95. The van der Waals surface area contributed by atoms with Crippen molar-refractivity contribution < 1.29 is 4.74 Å². The lowest BCUT2D eigenvalue weighted by Gasteiger charge is -2.46. The van der Waals surface area contributed by atoms with E-state index in [-0.39, 0.29) is 5.60 Å². The first-order valence-electron chi connectivity index (χ1n) is 5.72. The predicted molar refractivity (Wildman–Crippen MR) is 53.8 cm³/mol. The molecule has 1 heterocycles. The summed E-state index contributed by atoms with van der Waals surface area (Å²) in [5.74, 6) is 0.800. The molecule has 2 fully saturated rings. The van der Waals surface area contributed by atoms with Crippen LogP contribution in [-0.2, 0) is 4.74 Å². The van der Waals surface area contributed by atoms with Crippen LogP contribution < -0.4 is 5.32 Å².